The highest BCUT2D eigenvalue weighted by atomic mass is 35.5. The first-order chi connectivity index (χ1) is 8.95. The Hall–Kier alpha value is -0.930. The van der Waals surface area contributed by atoms with Gasteiger partial charge in [0.05, 0.1) is 0 Å². The van der Waals surface area contributed by atoms with Crippen molar-refractivity contribution in [3.05, 3.63) is 24.5 Å². The molecule has 1 aromatic heterocycles. The molecule has 0 saturated heterocycles. The van der Waals surface area contributed by atoms with Gasteiger partial charge in [-0.15, -0.1) is 24.8 Å². The van der Waals surface area contributed by atoms with E-state index in [-0.39, 0.29) is 54.6 Å². The molecule has 1 rings (SSSR count). The first-order valence-electron chi connectivity index (χ1n) is 5.85. The van der Waals surface area contributed by atoms with Gasteiger partial charge in [0.15, 0.2) is 0 Å². The zero-order valence-electron chi connectivity index (χ0n) is 11.5. The van der Waals surface area contributed by atoms with E-state index in [1.165, 1.54) is 24.5 Å². The summed E-state index contributed by atoms with van der Waals surface area (Å²) in [6, 6.07) is 2.85. The Labute approximate surface area is 137 Å². The second kappa shape index (κ2) is 10.7. The zero-order chi connectivity index (χ0) is 14.3. The largest absolute Gasteiger partial charge is 0.352 e. The predicted molar refractivity (Wildman–Crippen MR) is 85.2 cm³/mol. The average molecular weight is 359 g/mol. The minimum Gasteiger partial charge on any atom is -0.352 e. The number of halogens is 2. The Morgan fingerprint density at radius 3 is 2.62 bits per heavy atom. The molecular weight excluding hydrogens is 339 g/mol. The van der Waals surface area contributed by atoms with Crippen molar-refractivity contribution in [2.45, 2.75) is 24.3 Å². The Kier molecular flexibility index (Phi) is 11.4. The van der Waals surface area contributed by atoms with Gasteiger partial charge in [-0.05, 0) is 19.1 Å². The van der Waals surface area contributed by atoms with E-state index in [4.69, 9.17) is 5.73 Å². The van der Waals surface area contributed by atoms with Crippen molar-refractivity contribution in [2.75, 3.05) is 13.1 Å². The van der Waals surface area contributed by atoms with Crippen LogP contribution in [0.3, 0.4) is 0 Å². The van der Waals surface area contributed by atoms with Gasteiger partial charge in [0.25, 0.3) is 0 Å². The number of carbonyl (C=O) groups excluding carboxylic acids is 1. The number of pyridine rings is 1. The maximum atomic E-state index is 11.8. The minimum absolute atomic E-state index is 0. The van der Waals surface area contributed by atoms with Gasteiger partial charge in [0, 0.05) is 37.9 Å². The second-order valence-electron chi connectivity index (χ2n) is 4.04. The molecular formula is C11H20Cl2N4O3S. The highest BCUT2D eigenvalue weighted by Crippen LogP contribution is 2.04. The van der Waals surface area contributed by atoms with Gasteiger partial charge in [-0.25, -0.2) is 13.1 Å². The molecule has 0 aromatic carbocycles. The van der Waals surface area contributed by atoms with Crippen LogP contribution in [0.5, 0.6) is 0 Å². The van der Waals surface area contributed by atoms with Crippen molar-refractivity contribution in [2.24, 2.45) is 5.73 Å². The molecule has 0 aliphatic rings. The summed E-state index contributed by atoms with van der Waals surface area (Å²) in [5, 5.41) is 2.64. The molecule has 1 amide bonds. The fraction of sp³-hybridized carbons (Fsp3) is 0.455. The quantitative estimate of drug-likeness (QED) is 0.637. The molecule has 0 spiro atoms. The van der Waals surface area contributed by atoms with Crippen LogP contribution in [0.15, 0.2) is 29.4 Å². The number of amides is 1. The van der Waals surface area contributed by atoms with E-state index in [0.717, 1.165) is 0 Å². The van der Waals surface area contributed by atoms with E-state index >= 15 is 0 Å². The lowest BCUT2D eigenvalue weighted by molar-refractivity contribution is -0.121. The highest BCUT2D eigenvalue weighted by Gasteiger charge is 2.14. The number of nitrogens with two attached hydrogens (primary N) is 1. The van der Waals surface area contributed by atoms with Crippen LogP contribution in [0.2, 0.25) is 0 Å². The first-order valence-corrected chi connectivity index (χ1v) is 7.33. The summed E-state index contributed by atoms with van der Waals surface area (Å²) in [5.41, 5.74) is 5.36. The number of aromatic nitrogens is 1. The van der Waals surface area contributed by atoms with Crippen LogP contribution in [0, 0.1) is 0 Å². The molecule has 21 heavy (non-hydrogen) atoms. The van der Waals surface area contributed by atoms with Crippen molar-refractivity contribution >= 4 is 40.7 Å². The van der Waals surface area contributed by atoms with E-state index < -0.39 is 10.0 Å². The van der Waals surface area contributed by atoms with E-state index in [2.05, 4.69) is 15.0 Å². The third-order valence-electron chi connectivity index (χ3n) is 2.35. The van der Waals surface area contributed by atoms with Crippen LogP contribution < -0.4 is 15.8 Å². The Morgan fingerprint density at radius 1 is 1.43 bits per heavy atom. The fourth-order valence-corrected chi connectivity index (χ4v) is 2.29. The standard InChI is InChI=1S/C11H18N4O3S.2ClH/c1-9(7-12)15-11(16)4-6-14-19(17,18)10-3-2-5-13-8-10;;/h2-3,5,8-9,14H,4,6-7,12H2,1H3,(H,15,16);2*1H/t9-;;/m0../s1. The number of sulfonamides is 1. The Morgan fingerprint density at radius 2 is 2.10 bits per heavy atom. The van der Waals surface area contributed by atoms with Crippen LogP contribution in [-0.4, -0.2) is 38.4 Å². The number of nitrogens with one attached hydrogen (secondary N) is 2. The van der Waals surface area contributed by atoms with E-state index in [1.807, 2.05) is 0 Å². The molecule has 4 N–H and O–H groups in total. The molecule has 1 heterocycles. The third kappa shape index (κ3) is 8.18. The molecule has 0 unspecified atom stereocenters. The number of hydrogen-bond donors (Lipinski definition) is 3. The van der Waals surface area contributed by atoms with Gasteiger partial charge in [-0.3, -0.25) is 9.78 Å². The molecule has 0 saturated carbocycles. The number of rotatable bonds is 7. The summed E-state index contributed by atoms with van der Waals surface area (Å²) in [6.07, 6.45) is 2.80. The van der Waals surface area contributed by atoms with Crippen LogP contribution in [0.25, 0.3) is 0 Å². The third-order valence-corrected chi connectivity index (χ3v) is 3.80. The molecule has 0 radical (unpaired) electrons. The molecule has 0 bridgehead atoms. The number of nitrogens with zero attached hydrogens (tertiary/aromatic N) is 1. The lowest BCUT2D eigenvalue weighted by atomic mass is 10.3. The van der Waals surface area contributed by atoms with Crippen molar-refractivity contribution in [1.82, 2.24) is 15.0 Å². The summed E-state index contributed by atoms with van der Waals surface area (Å²) in [4.78, 5) is 15.2. The summed E-state index contributed by atoms with van der Waals surface area (Å²) in [5.74, 6) is -0.244. The van der Waals surface area contributed by atoms with E-state index in [9.17, 15) is 13.2 Å². The average Bonchev–Trinajstić information content (AvgIpc) is 2.39. The smallest absolute Gasteiger partial charge is 0.242 e. The first kappa shape index (κ1) is 22.4. The van der Waals surface area contributed by atoms with E-state index in [0.29, 0.717) is 6.54 Å². The maximum Gasteiger partial charge on any atom is 0.242 e. The lowest BCUT2D eigenvalue weighted by Gasteiger charge is -2.11. The Bertz CT molecular complexity index is 513. The molecule has 7 nitrogen and oxygen atoms in total. The summed E-state index contributed by atoms with van der Waals surface area (Å²) in [7, 11) is -3.61. The predicted octanol–water partition coefficient (Wildman–Crippen LogP) is 0.0570. The van der Waals surface area contributed by atoms with Gasteiger partial charge >= 0.3 is 0 Å². The van der Waals surface area contributed by atoms with Crippen molar-refractivity contribution in [1.29, 1.82) is 0 Å². The minimum atomic E-state index is -3.61. The van der Waals surface area contributed by atoms with Crippen molar-refractivity contribution < 1.29 is 13.2 Å². The van der Waals surface area contributed by atoms with Crippen LogP contribution in [0.4, 0.5) is 0 Å². The molecule has 10 heteroatoms. The van der Waals surface area contributed by atoms with Crippen LogP contribution >= 0.6 is 24.8 Å². The van der Waals surface area contributed by atoms with Gasteiger partial charge in [0.1, 0.15) is 4.90 Å². The summed E-state index contributed by atoms with van der Waals surface area (Å²) in [6.45, 7) is 2.14. The van der Waals surface area contributed by atoms with Crippen LogP contribution in [-0.2, 0) is 14.8 Å². The van der Waals surface area contributed by atoms with Gasteiger partial charge in [-0.2, -0.15) is 0 Å². The fourth-order valence-electron chi connectivity index (χ4n) is 1.29. The molecule has 1 aromatic rings. The van der Waals surface area contributed by atoms with E-state index in [1.54, 1.807) is 6.92 Å². The number of carbonyl (C=O) groups is 1. The molecule has 122 valence electrons. The van der Waals surface area contributed by atoms with Gasteiger partial charge in [-0.1, -0.05) is 0 Å². The molecule has 0 aliphatic heterocycles. The summed E-state index contributed by atoms with van der Waals surface area (Å²) >= 11 is 0. The topological polar surface area (TPSA) is 114 Å². The van der Waals surface area contributed by atoms with Crippen molar-refractivity contribution in [3.8, 4) is 0 Å². The molecule has 0 aliphatic carbocycles. The maximum absolute atomic E-state index is 11.8. The molecule has 0 fully saturated rings. The molecule has 1 atom stereocenters. The zero-order valence-corrected chi connectivity index (χ0v) is 13.9. The van der Waals surface area contributed by atoms with Crippen LogP contribution in [0.1, 0.15) is 13.3 Å². The summed E-state index contributed by atoms with van der Waals surface area (Å²) < 4.78 is 25.9. The SMILES string of the molecule is C[C@@H](CN)NC(=O)CCNS(=O)(=O)c1cccnc1.Cl.Cl. The number of hydrogen-bond acceptors (Lipinski definition) is 5. The monoisotopic (exact) mass is 358 g/mol. The lowest BCUT2D eigenvalue weighted by Crippen LogP contribution is -2.39. The second-order valence-corrected chi connectivity index (χ2v) is 5.81. The highest BCUT2D eigenvalue weighted by molar-refractivity contribution is 7.89. The van der Waals surface area contributed by atoms with Crippen molar-refractivity contribution in [3.63, 3.8) is 0 Å². The van der Waals surface area contributed by atoms with Gasteiger partial charge < -0.3 is 11.1 Å². The Balaban J connectivity index is 0. The normalized spacial score (nSPS) is 11.7. The van der Waals surface area contributed by atoms with Gasteiger partial charge in [0.2, 0.25) is 15.9 Å².